The van der Waals surface area contributed by atoms with Crippen LogP contribution in [-0.4, -0.2) is 73.1 Å². The fourth-order valence-electron chi connectivity index (χ4n) is 4.03. The predicted octanol–water partition coefficient (Wildman–Crippen LogP) is 1.18. The van der Waals surface area contributed by atoms with Gasteiger partial charge in [0.2, 0.25) is 0 Å². The molecule has 0 saturated carbocycles. The Labute approximate surface area is 181 Å². The highest BCUT2D eigenvalue weighted by atomic mass is 16.5. The molecule has 0 spiro atoms. The number of ether oxygens (including phenoxy) is 3. The van der Waals surface area contributed by atoms with Crippen LogP contribution in [-0.2, 0) is 29.0 Å². The molecule has 3 heterocycles. The van der Waals surface area contributed by atoms with Gasteiger partial charge in [0.15, 0.2) is 5.69 Å². The molecule has 1 fully saturated rings. The van der Waals surface area contributed by atoms with Crippen LogP contribution in [0.2, 0.25) is 0 Å². The molecule has 0 atom stereocenters. The smallest absolute Gasteiger partial charge is 0.274 e. The molecule has 31 heavy (non-hydrogen) atoms. The number of rotatable bonds is 6. The maximum Gasteiger partial charge on any atom is 0.274 e. The Balaban J connectivity index is 1.46. The van der Waals surface area contributed by atoms with Gasteiger partial charge in [-0.1, -0.05) is 6.07 Å². The summed E-state index contributed by atoms with van der Waals surface area (Å²) in [5, 5.41) is 7.56. The van der Waals surface area contributed by atoms with Crippen molar-refractivity contribution in [3.8, 4) is 5.75 Å². The van der Waals surface area contributed by atoms with Crippen molar-refractivity contribution >= 4 is 11.8 Å². The normalized spacial score (nSPS) is 16.0. The van der Waals surface area contributed by atoms with Gasteiger partial charge in [-0.15, -0.1) is 0 Å². The number of nitrogens with zero attached hydrogens (tertiary/aromatic N) is 3. The highest BCUT2D eigenvalue weighted by molar-refractivity contribution is 5.96. The van der Waals surface area contributed by atoms with Gasteiger partial charge >= 0.3 is 0 Å². The van der Waals surface area contributed by atoms with E-state index in [1.807, 2.05) is 17.7 Å². The SMILES string of the molecule is COc1cccc(C(=O)NCCn2nc(C(=O)N3CCOCC3)c3c2CCOC3)c1C. The third-order valence-corrected chi connectivity index (χ3v) is 5.75. The summed E-state index contributed by atoms with van der Waals surface area (Å²) in [4.78, 5) is 27.4. The summed E-state index contributed by atoms with van der Waals surface area (Å²) < 4.78 is 18.1. The fraction of sp³-hybridized carbons (Fsp3) is 0.500. The van der Waals surface area contributed by atoms with Crippen LogP contribution in [0.15, 0.2) is 18.2 Å². The van der Waals surface area contributed by atoms with Crippen LogP contribution >= 0.6 is 0 Å². The molecule has 2 amide bonds. The van der Waals surface area contributed by atoms with Crippen molar-refractivity contribution in [2.24, 2.45) is 0 Å². The maximum absolute atomic E-state index is 13.0. The number of hydrogen-bond acceptors (Lipinski definition) is 6. The first-order valence-corrected chi connectivity index (χ1v) is 10.5. The quantitative estimate of drug-likeness (QED) is 0.742. The van der Waals surface area contributed by atoms with Crippen LogP contribution in [0.5, 0.6) is 5.75 Å². The van der Waals surface area contributed by atoms with Crippen molar-refractivity contribution in [1.82, 2.24) is 20.0 Å². The first kappa shape index (κ1) is 21.3. The summed E-state index contributed by atoms with van der Waals surface area (Å²) in [6, 6.07) is 5.41. The van der Waals surface area contributed by atoms with Crippen LogP contribution in [0, 0.1) is 6.92 Å². The van der Waals surface area contributed by atoms with E-state index >= 15 is 0 Å². The molecule has 9 nitrogen and oxygen atoms in total. The average Bonchev–Trinajstić information content (AvgIpc) is 3.18. The van der Waals surface area contributed by atoms with Crippen LogP contribution in [0.25, 0.3) is 0 Å². The number of carbonyl (C=O) groups is 2. The van der Waals surface area contributed by atoms with Crippen molar-refractivity contribution in [2.45, 2.75) is 26.5 Å². The van der Waals surface area contributed by atoms with E-state index in [2.05, 4.69) is 10.4 Å². The molecule has 2 aromatic rings. The van der Waals surface area contributed by atoms with Crippen LogP contribution < -0.4 is 10.1 Å². The molecule has 0 unspecified atom stereocenters. The number of fused-ring (bicyclic) bond motifs is 1. The Morgan fingerprint density at radius 2 is 2.00 bits per heavy atom. The number of nitrogens with one attached hydrogen (secondary N) is 1. The lowest BCUT2D eigenvalue weighted by Crippen LogP contribution is -2.41. The second-order valence-corrected chi connectivity index (χ2v) is 7.59. The van der Waals surface area contributed by atoms with E-state index in [0.29, 0.717) is 76.0 Å². The molecule has 0 bridgehead atoms. The van der Waals surface area contributed by atoms with Crippen LogP contribution in [0.3, 0.4) is 0 Å². The molecule has 1 saturated heterocycles. The monoisotopic (exact) mass is 428 g/mol. The van der Waals surface area contributed by atoms with E-state index in [9.17, 15) is 9.59 Å². The van der Waals surface area contributed by atoms with Crippen molar-refractivity contribution in [3.05, 3.63) is 46.3 Å². The Morgan fingerprint density at radius 1 is 1.19 bits per heavy atom. The summed E-state index contributed by atoms with van der Waals surface area (Å²) in [5.74, 6) is 0.435. The summed E-state index contributed by atoms with van der Waals surface area (Å²) in [5.41, 5.74) is 3.70. The minimum absolute atomic E-state index is 0.0835. The largest absolute Gasteiger partial charge is 0.496 e. The summed E-state index contributed by atoms with van der Waals surface area (Å²) in [7, 11) is 1.59. The van der Waals surface area contributed by atoms with Crippen molar-refractivity contribution < 1.29 is 23.8 Å². The van der Waals surface area contributed by atoms with Gasteiger partial charge in [0, 0.05) is 48.4 Å². The van der Waals surface area contributed by atoms with E-state index < -0.39 is 0 Å². The second-order valence-electron chi connectivity index (χ2n) is 7.59. The van der Waals surface area contributed by atoms with Gasteiger partial charge in [-0.25, -0.2) is 0 Å². The van der Waals surface area contributed by atoms with E-state index in [1.54, 1.807) is 24.1 Å². The van der Waals surface area contributed by atoms with E-state index in [0.717, 1.165) is 16.8 Å². The second kappa shape index (κ2) is 9.49. The molecule has 166 valence electrons. The Hall–Kier alpha value is -2.91. The standard InChI is InChI=1S/C22H28N4O5/c1-15-16(4-3-5-19(15)29-2)21(27)23-7-8-26-18-6-11-31-14-17(18)20(24-26)22(28)25-9-12-30-13-10-25/h3-5H,6-14H2,1-2H3,(H,23,27). The molecular weight excluding hydrogens is 400 g/mol. The summed E-state index contributed by atoms with van der Waals surface area (Å²) in [6.45, 7) is 5.94. The molecule has 9 heteroatoms. The van der Waals surface area contributed by atoms with Gasteiger partial charge < -0.3 is 24.4 Å². The lowest BCUT2D eigenvalue weighted by atomic mass is 10.1. The van der Waals surface area contributed by atoms with Gasteiger partial charge in [0.25, 0.3) is 11.8 Å². The molecule has 2 aliphatic heterocycles. The average molecular weight is 428 g/mol. The summed E-state index contributed by atoms with van der Waals surface area (Å²) in [6.07, 6.45) is 0.696. The number of amides is 2. The van der Waals surface area contributed by atoms with E-state index in [1.165, 1.54) is 0 Å². The topological polar surface area (TPSA) is 94.9 Å². The molecule has 0 aliphatic carbocycles. The molecule has 2 aliphatic rings. The van der Waals surface area contributed by atoms with Crippen LogP contribution in [0.4, 0.5) is 0 Å². The van der Waals surface area contributed by atoms with Gasteiger partial charge in [0.1, 0.15) is 5.75 Å². The fourth-order valence-corrected chi connectivity index (χ4v) is 4.03. The molecule has 4 rings (SSSR count). The van der Waals surface area contributed by atoms with E-state index in [4.69, 9.17) is 14.2 Å². The Kier molecular flexibility index (Phi) is 6.53. The Bertz CT molecular complexity index is 965. The van der Waals surface area contributed by atoms with Crippen molar-refractivity contribution in [1.29, 1.82) is 0 Å². The van der Waals surface area contributed by atoms with Gasteiger partial charge in [-0.05, 0) is 19.1 Å². The minimum atomic E-state index is -0.162. The number of aromatic nitrogens is 2. The molecule has 1 N–H and O–H groups in total. The number of methoxy groups -OCH3 is 1. The minimum Gasteiger partial charge on any atom is -0.496 e. The first-order valence-electron chi connectivity index (χ1n) is 10.5. The summed E-state index contributed by atoms with van der Waals surface area (Å²) >= 11 is 0. The number of morpholine rings is 1. The Morgan fingerprint density at radius 3 is 2.77 bits per heavy atom. The number of benzene rings is 1. The van der Waals surface area contributed by atoms with E-state index in [-0.39, 0.29) is 11.8 Å². The first-order chi connectivity index (χ1) is 15.1. The van der Waals surface area contributed by atoms with Crippen LogP contribution in [0.1, 0.15) is 37.7 Å². The number of hydrogen-bond donors (Lipinski definition) is 1. The van der Waals surface area contributed by atoms with Crippen molar-refractivity contribution in [3.63, 3.8) is 0 Å². The third kappa shape index (κ3) is 4.42. The zero-order valence-corrected chi connectivity index (χ0v) is 18.0. The third-order valence-electron chi connectivity index (χ3n) is 5.75. The van der Waals surface area contributed by atoms with Gasteiger partial charge in [0.05, 0.1) is 40.1 Å². The predicted molar refractivity (Wildman–Crippen MR) is 112 cm³/mol. The van der Waals surface area contributed by atoms with Gasteiger partial charge in [-0.2, -0.15) is 5.10 Å². The zero-order valence-electron chi connectivity index (χ0n) is 18.0. The highest BCUT2D eigenvalue weighted by Crippen LogP contribution is 2.23. The molecule has 0 radical (unpaired) electrons. The molecular formula is C22H28N4O5. The molecule has 1 aromatic carbocycles. The van der Waals surface area contributed by atoms with Gasteiger partial charge in [-0.3, -0.25) is 14.3 Å². The number of carbonyl (C=O) groups excluding carboxylic acids is 2. The van der Waals surface area contributed by atoms with Crippen molar-refractivity contribution in [2.75, 3.05) is 46.6 Å². The lowest BCUT2D eigenvalue weighted by Gasteiger charge is -2.26. The molecule has 1 aromatic heterocycles. The lowest BCUT2D eigenvalue weighted by molar-refractivity contribution is 0.0294. The zero-order chi connectivity index (χ0) is 21.8. The maximum atomic E-state index is 13.0. The highest BCUT2D eigenvalue weighted by Gasteiger charge is 2.29.